The summed E-state index contributed by atoms with van der Waals surface area (Å²) in [5.41, 5.74) is 0. The lowest BCUT2D eigenvalue weighted by Gasteiger charge is -2.32. The van der Waals surface area contributed by atoms with E-state index in [9.17, 15) is 4.79 Å². The van der Waals surface area contributed by atoms with E-state index >= 15 is 0 Å². The highest BCUT2D eigenvalue weighted by atomic mass is 16.5. The number of hydrogen-bond donors (Lipinski definition) is 0. The minimum Gasteiger partial charge on any atom is -0.497 e. The molecule has 0 spiro atoms. The second-order valence-electron chi connectivity index (χ2n) is 6.70. The van der Waals surface area contributed by atoms with Crippen molar-refractivity contribution < 1.29 is 14.3 Å². The molecule has 1 aromatic carbocycles. The number of methoxy groups -OCH3 is 1. The molecule has 0 N–H and O–H groups in total. The van der Waals surface area contributed by atoms with Crippen LogP contribution in [0.15, 0.2) is 30.6 Å². The first-order chi connectivity index (χ1) is 12.7. The van der Waals surface area contributed by atoms with Crippen LogP contribution in [0, 0.1) is 5.92 Å². The molecule has 7 heteroatoms. The molecule has 1 aliphatic rings. The van der Waals surface area contributed by atoms with Gasteiger partial charge in [-0.1, -0.05) is 6.07 Å². The van der Waals surface area contributed by atoms with Crippen molar-refractivity contribution in [3.63, 3.8) is 0 Å². The van der Waals surface area contributed by atoms with E-state index in [0.29, 0.717) is 25.4 Å². The van der Waals surface area contributed by atoms with Gasteiger partial charge in [-0.05, 0) is 25.0 Å². The second-order valence-corrected chi connectivity index (χ2v) is 6.70. The van der Waals surface area contributed by atoms with Crippen LogP contribution in [0.4, 0.5) is 0 Å². The van der Waals surface area contributed by atoms with E-state index in [-0.39, 0.29) is 5.91 Å². The standard InChI is InChI=1S/C19H26N4O3/c1-22-14-20-21-18(22)8-9-19(24)23-10-4-5-15(12-23)13-26-17-7-3-6-16(11-17)25-2/h3,6-7,11,14-15H,4-5,8-10,12-13H2,1-2H3/t15-/m0/s1. The summed E-state index contributed by atoms with van der Waals surface area (Å²) in [5, 5.41) is 7.89. The number of piperidine rings is 1. The van der Waals surface area contributed by atoms with Crippen molar-refractivity contribution in [1.29, 1.82) is 0 Å². The number of rotatable bonds is 7. The Balaban J connectivity index is 1.47. The predicted molar refractivity (Wildman–Crippen MR) is 97.1 cm³/mol. The molecule has 1 saturated heterocycles. The number of nitrogens with zero attached hydrogens (tertiary/aromatic N) is 4. The minimum atomic E-state index is 0.180. The fraction of sp³-hybridized carbons (Fsp3) is 0.526. The van der Waals surface area contributed by atoms with E-state index in [4.69, 9.17) is 9.47 Å². The third-order valence-electron chi connectivity index (χ3n) is 4.77. The van der Waals surface area contributed by atoms with Crippen molar-refractivity contribution in [1.82, 2.24) is 19.7 Å². The van der Waals surface area contributed by atoms with E-state index < -0.39 is 0 Å². The summed E-state index contributed by atoms with van der Waals surface area (Å²) in [4.78, 5) is 14.5. The number of aromatic nitrogens is 3. The molecule has 0 bridgehead atoms. The summed E-state index contributed by atoms with van der Waals surface area (Å²) in [7, 11) is 3.54. The molecule has 1 atom stereocenters. The molecule has 1 aliphatic heterocycles. The highest BCUT2D eigenvalue weighted by molar-refractivity contribution is 5.76. The van der Waals surface area contributed by atoms with Gasteiger partial charge in [-0.2, -0.15) is 0 Å². The number of likely N-dealkylation sites (tertiary alicyclic amines) is 1. The van der Waals surface area contributed by atoms with E-state index in [0.717, 1.165) is 43.3 Å². The van der Waals surface area contributed by atoms with Crippen LogP contribution in [0.2, 0.25) is 0 Å². The van der Waals surface area contributed by atoms with E-state index in [1.807, 2.05) is 40.8 Å². The SMILES string of the molecule is COc1cccc(OC[C@H]2CCCN(C(=O)CCc3nncn3C)C2)c1. The maximum Gasteiger partial charge on any atom is 0.223 e. The van der Waals surface area contributed by atoms with Gasteiger partial charge in [-0.3, -0.25) is 4.79 Å². The molecule has 0 saturated carbocycles. The molecule has 2 heterocycles. The maximum atomic E-state index is 12.5. The third-order valence-corrected chi connectivity index (χ3v) is 4.77. The molecule has 1 fully saturated rings. The van der Waals surface area contributed by atoms with E-state index in [1.165, 1.54) is 0 Å². The van der Waals surface area contributed by atoms with Gasteiger partial charge < -0.3 is 18.9 Å². The Morgan fingerprint density at radius 2 is 2.19 bits per heavy atom. The summed E-state index contributed by atoms with van der Waals surface area (Å²) < 4.78 is 13.0. The quantitative estimate of drug-likeness (QED) is 0.758. The number of carbonyl (C=O) groups is 1. The smallest absolute Gasteiger partial charge is 0.223 e. The van der Waals surface area contributed by atoms with Gasteiger partial charge in [0.25, 0.3) is 0 Å². The molecule has 140 valence electrons. The van der Waals surface area contributed by atoms with Crippen molar-refractivity contribution in [2.75, 3.05) is 26.8 Å². The molecule has 0 aliphatic carbocycles. The molecule has 7 nitrogen and oxygen atoms in total. The largest absolute Gasteiger partial charge is 0.497 e. The average molecular weight is 358 g/mol. The Morgan fingerprint density at radius 3 is 2.96 bits per heavy atom. The number of amides is 1. The van der Waals surface area contributed by atoms with Gasteiger partial charge in [0.1, 0.15) is 23.7 Å². The minimum absolute atomic E-state index is 0.180. The highest BCUT2D eigenvalue weighted by Crippen LogP contribution is 2.22. The fourth-order valence-corrected chi connectivity index (χ4v) is 3.24. The molecular weight excluding hydrogens is 332 g/mol. The van der Waals surface area contributed by atoms with E-state index in [1.54, 1.807) is 13.4 Å². The molecule has 0 radical (unpaired) electrons. The van der Waals surface area contributed by atoms with Crippen LogP contribution >= 0.6 is 0 Å². The summed E-state index contributed by atoms with van der Waals surface area (Å²) in [6, 6.07) is 7.62. The van der Waals surface area contributed by atoms with Crippen molar-refractivity contribution in [2.24, 2.45) is 13.0 Å². The molecule has 3 rings (SSSR count). The van der Waals surface area contributed by atoms with Gasteiger partial charge in [0, 0.05) is 45.0 Å². The lowest BCUT2D eigenvalue weighted by Crippen LogP contribution is -2.41. The zero-order valence-corrected chi connectivity index (χ0v) is 15.4. The van der Waals surface area contributed by atoms with Crippen molar-refractivity contribution in [3.8, 4) is 11.5 Å². The van der Waals surface area contributed by atoms with Gasteiger partial charge in [-0.25, -0.2) is 0 Å². The lowest BCUT2D eigenvalue weighted by atomic mass is 9.98. The Bertz CT molecular complexity index is 731. The molecule has 1 aromatic heterocycles. The molecule has 2 aromatic rings. The Hall–Kier alpha value is -2.57. The van der Waals surface area contributed by atoms with Crippen molar-refractivity contribution in [3.05, 3.63) is 36.4 Å². The second kappa shape index (κ2) is 8.69. The van der Waals surface area contributed by atoms with Crippen molar-refractivity contribution >= 4 is 5.91 Å². The number of hydrogen-bond acceptors (Lipinski definition) is 5. The Kier molecular flexibility index (Phi) is 6.09. The predicted octanol–water partition coefficient (Wildman–Crippen LogP) is 2.07. The number of aryl methyl sites for hydroxylation is 2. The summed E-state index contributed by atoms with van der Waals surface area (Å²) in [6.07, 6.45) is 4.85. The summed E-state index contributed by atoms with van der Waals surface area (Å²) in [5.74, 6) is 2.96. The zero-order valence-electron chi connectivity index (χ0n) is 15.4. The topological polar surface area (TPSA) is 69.5 Å². The van der Waals surface area contributed by atoms with Gasteiger partial charge in [0.05, 0.1) is 13.7 Å². The monoisotopic (exact) mass is 358 g/mol. The molecule has 1 amide bonds. The maximum absolute atomic E-state index is 12.5. The third kappa shape index (κ3) is 4.74. The van der Waals surface area contributed by atoms with Crippen LogP contribution in [0.5, 0.6) is 11.5 Å². The average Bonchev–Trinajstić information content (AvgIpc) is 3.09. The van der Waals surface area contributed by atoms with Crippen LogP contribution in [-0.2, 0) is 18.3 Å². The van der Waals surface area contributed by atoms with Gasteiger partial charge in [0.15, 0.2) is 0 Å². The van der Waals surface area contributed by atoms with Gasteiger partial charge in [-0.15, -0.1) is 10.2 Å². The summed E-state index contributed by atoms with van der Waals surface area (Å²) >= 11 is 0. The van der Waals surface area contributed by atoms with Gasteiger partial charge in [0.2, 0.25) is 5.91 Å². The highest BCUT2D eigenvalue weighted by Gasteiger charge is 2.24. The van der Waals surface area contributed by atoms with Gasteiger partial charge >= 0.3 is 0 Å². The molecule has 0 unspecified atom stereocenters. The molecular formula is C19H26N4O3. The normalized spacial score (nSPS) is 17.2. The summed E-state index contributed by atoms with van der Waals surface area (Å²) in [6.45, 7) is 2.19. The number of benzene rings is 1. The van der Waals surface area contributed by atoms with Crippen LogP contribution in [-0.4, -0.2) is 52.4 Å². The number of ether oxygens (including phenoxy) is 2. The van der Waals surface area contributed by atoms with Crippen LogP contribution < -0.4 is 9.47 Å². The van der Waals surface area contributed by atoms with Crippen molar-refractivity contribution in [2.45, 2.75) is 25.7 Å². The van der Waals surface area contributed by atoms with E-state index in [2.05, 4.69) is 10.2 Å². The first-order valence-electron chi connectivity index (χ1n) is 9.03. The number of carbonyl (C=O) groups excluding carboxylic acids is 1. The lowest BCUT2D eigenvalue weighted by molar-refractivity contribution is -0.133. The van der Waals surface area contributed by atoms with Crippen LogP contribution in [0.1, 0.15) is 25.1 Å². The van der Waals surface area contributed by atoms with Crippen LogP contribution in [0.3, 0.4) is 0 Å². The molecule has 26 heavy (non-hydrogen) atoms. The zero-order chi connectivity index (χ0) is 18.4. The Morgan fingerprint density at radius 1 is 1.35 bits per heavy atom. The Labute approximate surface area is 153 Å². The first-order valence-corrected chi connectivity index (χ1v) is 9.03. The fourth-order valence-electron chi connectivity index (χ4n) is 3.24. The first kappa shape index (κ1) is 18.2. The van der Waals surface area contributed by atoms with Crippen LogP contribution in [0.25, 0.3) is 0 Å².